The highest BCUT2D eigenvalue weighted by atomic mass is 16.5. The van der Waals surface area contributed by atoms with Gasteiger partial charge in [0.25, 0.3) is 0 Å². The minimum absolute atomic E-state index is 0.0396. The summed E-state index contributed by atoms with van der Waals surface area (Å²) < 4.78 is 5.71. The zero-order valence-electron chi connectivity index (χ0n) is 11.1. The monoisotopic (exact) mass is 257 g/mol. The van der Waals surface area contributed by atoms with Crippen LogP contribution < -0.4 is 10.6 Å². The standard InChI is InChI=1S/C15H19N3O/c1-11(16)14-10-18(8-9-19-14)15-13-5-3-2-4-12(13)6-7-17-15/h2-7,11,14H,8-10,16H2,1H3. The molecule has 2 unspecified atom stereocenters. The molecule has 4 nitrogen and oxygen atoms in total. The molecular formula is C15H19N3O. The van der Waals surface area contributed by atoms with Gasteiger partial charge in [-0.25, -0.2) is 4.98 Å². The molecule has 0 amide bonds. The van der Waals surface area contributed by atoms with E-state index in [1.807, 2.05) is 19.2 Å². The van der Waals surface area contributed by atoms with Gasteiger partial charge in [-0.3, -0.25) is 0 Å². The van der Waals surface area contributed by atoms with Crippen molar-refractivity contribution in [3.63, 3.8) is 0 Å². The number of nitrogens with zero attached hydrogens (tertiary/aromatic N) is 2. The van der Waals surface area contributed by atoms with Gasteiger partial charge in [-0.05, 0) is 18.4 Å². The Balaban J connectivity index is 1.95. The third-order valence-electron chi connectivity index (χ3n) is 3.63. The van der Waals surface area contributed by atoms with Gasteiger partial charge in [0.2, 0.25) is 0 Å². The fourth-order valence-electron chi connectivity index (χ4n) is 2.54. The number of benzene rings is 1. The molecule has 1 aromatic carbocycles. The lowest BCUT2D eigenvalue weighted by Crippen LogP contribution is -2.49. The van der Waals surface area contributed by atoms with Crippen molar-refractivity contribution in [3.8, 4) is 0 Å². The lowest BCUT2D eigenvalue weighted by atomic mass is 10.1. The second kappa shape index (κ2) is 5.15. The average Bonchev–Trinajstić information content (AvgIpc) is 2.47. The van der Waals surface area contributed by atoms with Gasteiger partial charge in [0.05, 0.1) is 12.7 Å². The largest absolute Gasteiger partial charge is 0.373 e. The number of aromatic nitrogens is 1. The molecule has 100 valence electrons. The molecule has 2 atom stereocenters. The molecule has 4 heteroatoms. The van der Waals surface area contributed by atoms with Gasteiger partial charge >= 0.3 is 0 Å². The van der Waals surface area contributed by atoms with Crippen LogP contribution in [0.15, 0.2) is 36.5 Å². The Kier molecular flexibility index (Phi) is 3.36. The summed E-state index contributed by atoms with van der Waals surface area (Å²) in [5.74, 6) is 1.03. The van der Waals surface area contributed by atoms with Crippen LogP contribution in [-0.4, -0.2) is 36.8 Å². The van der Waals surface area contributed by atoms with Crippen molar-refractivity contribution in [1.29, 1.82) is 0 Å². The van der Waals surface area contributed by atoms with Gasteiger partial charge in [-0.1, -0.05) is 24.3 Å². The van der Waals surface area contributed by atoms with Gasteiger partial charge < -0.3 is 15.4 Å². The van der Waals surface area contributed by atoms with Crippen molar-refractivity contribution in [1.82, 2.24) is 4.98 Å². The molecule has 3 rings (SSSR count). The summed E-state index contributed by atoms with van der Waals surface area (Å²) in [6.07, 6.45) is 1.95. The van der Waals surface area contributed by atoms with E-state index >= 15 is 0 Å². The molecule has 0 aliphatic carbocycles. The molecule has 1 aromatic heterocycles. The van der Waals surface area contributed by atoms with Gasteiger partial charge in [-0.15, -0.1) is 0 Å². The highest BCUT2D eigenvalue weighted by Gasteiger charge is 2.25. The molecule has 0 spiro atoms. The summed E-state index contributed by atoms with van der Waals surface area (Å²) in [7, 11) is 0. The Hall–Kier alpha value is -1.65. The van der Waals surface area contributed by atoms with Crippen LogP contribution in [0.2, 0.25) is 0 Å². The van der Waals surface area contributed by atoms with Crippen LogP contribution in [0.3, 0.4) is 0 Å². The maximum atomic E-state index is 5.95. The quantitative estimate of drug-likeness (QED) is 0.891. The molecular weight excluding hydrogens is 238 g/mol. The summed E-state index contributed by atoms with van der Waals surface area (Å²) in [4.78, 5) is 6.83. The zero-order chi connectivity index (χ0) is 13.2. The molecule has 2 aromatic rings. The first-order valence-electron chi connectivity index (χ1n) is 6.71. The minimum atomic E-state index is 0.0396. The normalized spacial score (nSPS) is 21.6. The SMILES string of the molecule is CC(N)C1CN(c2nccc3ccccc23)CCO1. The van der Waals surface area contributed by atoms with Crippen molar-refractivity contribution in [2.45, 2.75) is 19.1 Å². The van der Waals surface area contributed by atoms with Crippen molar-refractivity contribution in [2.75, 3.05) is 24.6 Å². The number of nitrogens with two attached hydrogens (primary N) is 1. The van der Waals surface area contributed by atoms with Crippen molar-refractivity contribution in [3.05, 3.63) is 36.5 Å². The van der Waals surface area contributed by atoms with Crippen molar-refractivity contribution < 1.29 is 4.74 Å². The lowest BCUT2D eigenvalue weighted by molar-refractivity contribution is 0.0274. The predicted octanol–water partition coefficient (Wildman–Crippen LogP) is 1.79. The maximum Gasteiger partial charge on any atom is 0.136 e. The number of fused-ring (bicyclic) bond motifs is 1. The second-order valence-electron chi connectivity index (χ2n) is 5.07. The summed E-state index contributed by atoms with van der Waals surface area (Å²) in [5, 5.41) is 2.41. The molecule has 0 bridgehead atoms. The zero-order valence-corrected chi connectivity index (χ0v) is 11.1. The number of rotatable bonds is 2. The Labute approximate surface area is 113 Å². The van der Waals surface area contributed by atoms with E-state index in [1.54, 1.807) is 0 Å². The van der Waals surface area contributed by atoms with Gasteiger partial charge in [-0.2, -0.15) is 0 Å². The van der Waals surface area contributed by atoms with E-state index < -0.39 is 0 Å². The fourth-order valence-corrected chi connectivity index (χ4v) is 2.54. The Morgan fingerprint density at radius 2 is 2.21 bits per heavy atom. The van der Waals surface area contributed by atoms with Crippen LogP contribution in [0.1, 0.15) is 6.92 Å². The molecule has 1 aliphatic heterocycles. The van der Waals surface area contributed by atoms with Crippen LogP contribution in [-0.2, 0) is 4.74 Å². The average molecular weight is 257 g/mol. The smallest absolute Gasteiger partial charge is 0.136 e. The lowest BCUT2D eigenvalue weighted by Gasteiger charge is -2.35. The topological polar surface area (TPSA) is 51.4 Å². The van der Waals surface area contributed by atoms with E-state index in [9.17, 15) is 0 Å². The number of ether oxygens (including phenoxy) is 1. The fraction of sp³-hybridized carbons (Fsp3) is 0.400. The Morgan fingerprint density at radius 3 is 3.05 bits per heavy atom. The van der Waals surface area contributed by atoms with E-state index in [0.29, 0.717) is 6.61 Å². The van der Waals surface area contributed by atoms with Gasteiger partial charge in [0, 0.05) is 30.7 Å². The first-order valence-corrected chi connectivity index (χ1v) is 6.71. The highest BCUT2D eigenvalue weighted by Crippen LogP contribution is 2.25. The molecule has 1 fully saturated rings. The van der Waals surface area contributed by atoms with Crippen LogP contribution in [0.4, 0.5) is 5.82 Å². The Bertz CT molecular complexity index is 565. The van der Waals surface area contributed by atoms with Gasteiger partial charge in [0.1, 0.15) is 5.82 Å². The minimum Gasteiger partial charge on any atom is -0.373 e. The molecule has 2 heterocycles. The number of hydrogen-bond donors (Lipinski definition) is 1. The van der Waals surface area contributed by atoms with Crippen LogP contribution in [0, 0.1) is 0 Å². The first-order chi connectivity index (χ1) is 9.25. The third kappa shape index (κ3) is 2.41. The van der Waals surface area contributed by atoms with E-state index in [1.165, 1.54) is 10.8 Å². The predicted molar refractivity (Wildman–Crippen MR) is 77.3 cm³/mol. The Morgan fingerprint density at radius 1 is 1.37 bits per heavy atom. The summed E-state index contributed by atoms with van der Waals surface area (Å²) in [6, 6.07) is 10.4. The summed E-state index contributed by atoms with van der Waals surface area (Å²) >= 11 is 0. The number of anilines is 1. The van der Waals surface area contributed by atoms with E-state index in [2.05, 4.69) is 34.1 Å². The van der Waals surface area contributed by atoms with E-state index in [-0.39, 0.29) is 12.1 Å². The second-order valence-corrected chi connectivity index (χ2v) is 5.07. The van der Waals surface area contributed by atoms with E-state index in [0.717, 1.165) is 18.9 Å². The van der Waals surface area contributed by atoms with Crippen LogP contribution >= 0.6 is 0 Å². The third-order valence-corrected chi connectivity index (χ3v) is 3.63. The first kappa shape index (κ1) is 12.4. The van der Waals surface area contributed by atoms with Crippen molar-refractivity contribution >= 4 is 16.6 Å². The maximum absolute atomic E-state index is 5.95. The number of pyridine rings is 1. The number of hydrogen-bond acceptors (Lipinski definition) is 4. The number of morpholine rings is 1. The molecule has 0 radical (unpaired) electrons. The molecule has 1 saturated heterocycles. The summed E-state index contributed by atoms with van der Waals surface area (Å²) in [6.45, 7) is 4.37. The molecule has 0 saturated carbocycles. The molecule has 19 heavy (non-hydrogen) atoms. The van der Waals surface area contributed by atoms with Gasteiger partial charge in [0.15, 0.2) is 0 Å². The van der Waals surface area contributed by atoms with Crippen molar-refractivity contribution in [2.24, 2.45) is 5.73 Å². The summed E-state index contributed by atoms with van der Waals surface area (Å²) in [5.41, 5.74) is 5.95. The molecule has 1 aliphatic rings. The van der Waals surface area contributed by atoms with Crippen LogP contribution in [0.5, 0.6) is 0 Å². The van der Waals surface area contributed by atoms with E-state index in [4.69, 9.17) is 10.5 Å². The molecule has 2 N–H and O–H groups in total. The van der Waals surface area contributed by atoms with Crippen LogP contribution in [0.25, 0.3) is 10.8 Å². The highest BCUT2D eigenvalue weighted by molar-refractivity contribution is 5.92.